The summed E-state index contributed by atoms with van der Waals surface area (Å²) in [5.74, 6) is -1.38. The van der Waals surface area contributed by atoms with Crippen LogP contribution in [0, 0.1) is 0 Å². The van der Waals surface area contributed by atoms with Crippen LogP contribution in [0.1, 0.15) is 6.92 Å². The van der Waals surface area contributed by atoms with E-state index < -0.39 is 21.7 Å². The van der Waals surface area contributed by atoms with Crippen LogP contribution in [0.15, 0.2) is 11.0 Å². The van der Waals surface area contributed by atoms with Crippen molar-refractivity contribution in [3.05, 3.63) is 11.0 Å². The van der Waals surface area contributed by atoms with Gasteiger partial charge in [0.25, 0.3) is 10.1 Å². The van der Waals surface area contributed by atoms with E-state index in [0.29, 0.717) is 0 Å². The summed E-state index contributed by atoms with van der Waals surface area (Å²) < 4.78 is 28.0. The van der Waals surface area contributed by atoms with Gasteiger partial charge in [-0.3, -0.25) is 4.55 Å². The van der Waals surface area contributed by atoms with Gasteiger partial charge in [0.15, 0.2) is 0 Å². The molecule has 0 saturated heterocycles. The van der Waals surface area contributed by atoms with Crippen LogP contribution in [-0.2, 0) is 14.9 Å². The molecular weight excluding hydrogens is 167 g/mol. The van der Waals surface area contributed by atoms with Gasteiger partial charge < -0.3 is 5.11 Å². The molecule has 0 spiro atoms. The predicted molar refractivity (Wildman–Crippen MR) is 40.1 cm³/mol. The average Bonchev–Trinajstić information content (AvgIpc) is 1.60. The zero-order valence-corrected chi connectivity index (χ0v) is 5.92. The second-order valence-electron chi connectivity index (χ2n) is 1.62. The zero-order chi connectivity index (χ0) is 8.36. The fourth-order valence-corrected chi connectivity index (χ4v) is 0.821. The van der Waals surface area contributed by atoms with Crippen molar-refractivity contribution < 1.29 is 22.9 Å². The third kappa shape index (κ3) is 7.62. The van der Waals surface area contributed by atoms with E-state index in [1.807, 2.05) is 0 Å². The van der Waals surface area contributed by atoms with Crippen LogP contribution >= 0.6 is 0 Å². The van der Waals surface area contributed by atoms with Crippen LogP contribution < -0.4 is 0 Å². The first kappa shape index (κ1) is 13.3. The first-order chi connectivity index (χ1) is 4.33. The molecule has 0 saturated carbocycles. The second-order valence-corrected chi connectivity index (χ2v) is 2.89. The fraction of sp³-hybridized carbons (Fsp3) is 0.250. The van der Waals surface area contributed by atoms with E-state index in [1.165, 1.54) is 0 Å². The van der Waals surface area contributed by atoms with Gasteiger partial charge in [-0.15, -0.1) is 0 Å². The molecule has 0 aromatic rings. The molecule has 0 aromatic carbocycles. The minimum absolute atomic E-state index is 0. The summed E-state index contributed by atoms with van der Waals surface area (Å²) >= 11 is 0. The number of carbonyl (C=O) groups is 1. The van der Waals surface area contributed by atoms with E-state index in [2.05, 4.69) is 0 Å². The van der Waals surface area contributed by atoms with Crippen molar-refractivity contribution in [2.75, 3.05) is 0 Å². The Morgan fingerprint density at radius 2 is 1.82 bits per heavy atom. The van der Waals surface area contributed by atoms with Crippen molar-refractivity contribution in [3.8, 4) is 0 Å². The molecule has 11 heavy (non-hydrogen) atoms. The molecule has 7 heteroatoms. The Labute approximate surface area is 76.0 Å². The van der Waals surface area contributed by atoms with Crippen molar-refractivity contribution in [3.63, 3.8) is 0 Å². The Kier molecular flexibility index (Phi) is 5.53. The zero-order valence-electron chi connectivity index (χ0n) is 5.10. The summed E-state index contributed by atoms with van der Waals surface area (Å²) in [6.07, 6.45) is 0. The van der Waals surface area contributed by atoms with Crippen LogP contribution in [0.3, 0.4) is 0 Å². The van der Waals surface area contributed by atoms with E-state index >= 15 is 0 Å². The van der Waals surface area contributed by atoms with Gasteiger partial charge in [0.1, 0.15) is 0 Å². The molecule has 60 valence electrons. The standard InChI is InChI=1S/C4H6O5S.Li.H/c1-3(4(5)6)2-10(7,8)9;;/h2H,1H3,(H,5,6)(H,7,8,9);;. The van der Waals surface area contributed by atoms with Crippen molar-refractivity contribution in [2.45, 2.75) is 6.92 Å². The van der Waals surface area contributed by atoms with Crippen LogP contribution in [0.4, 0.5) is 0 Å². The van der Waals surface area contributed by atoms with Crippen molar-refractivity contribution in [1.82, 2.24) is 0 Å². The molecule has 0 amide bonds. The molecular formula is C4H7LiO5S. The number of aliphatic carboxylic acids is 1. The molecule has 0 aromatic heterocycles. The summed E-state index contributed by atoms with van der Waals surface area (Å²) in [5, 5.41) is 8.37. The van der Waals surface area contributed by atoms with E-state index in [0.717, 1.165) is 6.92 Å². The monoisotopic (exact) mass is 174 g/mol. The maximum absolute atomic E-state index is 9.96. The Hall–Kier alpha value is -0.283. The van der Waals surface area contributed by atoms with Crippen LogP contribution in [0.5, 0.6) is 0 Å². The first-order valence-electron chi connectivity index (χ1n) is 2.22. The molecule has 0 aliphatic rings. The van der Waals surface area contributed by atoms with E-state index in [4.69, 9.17) is 9.66 Å². The summed E-state index contributed by atoms with van der Waals surface area (Å²) in [5.41, 5.74) is -0.428. The van der Waals surface area contributed by atoms with Gasteiger partial charge in [-0.2, -0.15) is 8.42 Å². The van der Waals surface area contributed by atoms with Gasteiger partial charge in [0, 0.05) is 5.57 Å². The van der Waals surface area contributed by atoms with E-state index in [1.54, 1.807) is 0 Å². The number of carboxylic acid groups (broad SMARTS) is 1. The molecule has 5 nitrogen and oxygen atoms in total. The van der Waals surface area contributed by atoms with Gasteiger partial charge in [0.05, 0.1) is 5.41 Å². The number of rotatable bonds is 2. The second kappa shape index (κ2) is 4.57. The number of hydrogen-bond donors (Lipinski definition) is 2. The van der Waals surface area contributed by atoms with Crippen LogP contribution in [-0.4, -0.2) is 42.9 Å². The molecule has 0 radical (unpaired) electrons. The van der Waals surface area contributed by atoms with Gasteiger partial charge in [-0.05, 0) is 6.92 Å². The molecule has 0 unspecified atom stereocenters. The topological polar surface area (TPSA) is 91.7 Å². The van der Waals surface area contributed by atoms with Gasteiger partial charge >= 0.3 is 24.8 Å². The van der Waals surface area contributed by atoms with Gasteiger partial charge in [-0.1, -0.05) is 0 Å². The Balaban J connectivity index is 0. The summed E-state index contributed by atoms with van der Waals surface area (Å²) in [6, 6.07) is 0. The van der Waals surface area contributed by atoms with Gasteiger partial charge in [0.2, 0.25) is 0 Å². The third-order valence-electron chi connectivity index (χ3n) is 0.663. The summed E-state index contributed by atoms with van der Waals surface area (Å²) in [6.45, 7) is 1.07. The van der Waals surface area contributed by atoms with Crippen molar-refractivity contribution in [1.29, 1.82) is 0 Å². The van der Waals surface area contributed by atoms with Crippen LogP contribution in [0.2, 0.25) is 0 Å². The molecule has 0 aliphatic carbocycles. The molecule has 0 fully saturated rings. The van der Waals surface area contributed by atoms with Crippen LogP contribution in [0.25, 0.3) is 0 Å². The molecule has 0 aliphatic heterocycles. The normalized spacial score (nSPS) is 12.0. The molecule has 0 heterocycles. The predicted octanol–water partition coefficient (Wildman–Crippen LogP) is -0.786. The molecule has 0 rings (SSSR count). The minimum atomic E-state index is -4.31. The van der Waals surface area contributed by atoms with E-state index in [9.17, 15) is 13.2 Å². The maximum atomic E-state index is 9.96. The van der Waals surface area contributed by atoms with Crippen molar-refractivity contribution in [2.24, 2.45) is 0 Å². The third-order valence-corrected chi connectivity index (χ3v) is 1.31. The SMILES string of the molecule is CC(=CS(=O)(=O)O)C(=O)O.[LiH]. The number of hydrogen-bond acceptors (Lipinski definition) is 3. The summed E-state index contributed by atoms with van der Waals surface area (Å²) in [7, 11) is -4.31. The average molecular weight is 174 g/mol. The quantitative estimate of drug-likeness (QED) is 0.325. The Bertz CT molecular complexity index is 264. The van der Waals surface area contributed by atoms with Crippen molar-refractivity contribution >= 4 is 34.9 Å². The van der Waals surface area contributed by atoms with E-state index in [-0.39, 0.29) is 24.3 Å². The molecule has 2 N–H and O–H groups in total. The Morgan fingerprint density at radius 3 is 1.91 bits per heavy atom. The van der Waals surface area contributed by atoms with Gasteiger partial charge in [-0.25, -0.2) is 4.79 Å². The first-order valence-corrected chi connectivity index (χ1v) is 3.72. The molecule has 0 bridgehead atoms. The Morgan fingerprint density at radius 1 is 1.45 bits per heavy atom. The summed E-state index contributed by atoms with van der Waals surface area (Å²) in [4.78, 5) is 9.93. The number of carboxylic acids is 1. The molecule has 0 atom stereocenters. The fourth-order valence-electron chi connectivity index (χ4n) is 0.274.